The predicted octanol–water partition coefficient (Wildman–Crippen LogP) is 1.81. The van der Waals surface area contributed by atoms with E-state index in [1.165, 1.54) is 0 Å². The van der Waals surface area contributed by atoms with Gasteiger partial charge in [-0.25, -0.2) is 19.7 Å². The number of carbonyl (C=O) groups excluding carboxylic acids is 1. The Balaban J connectivity index is 1.51. The smallest absolute Gasteiger partial charge is 0.323 e. The van der Waals surface area contributed by atoms with Crippen LogP contribution in [0, 0.1) is 13.8 Å². The van der Waals surface area contributed by atoms with Crippen molar-refractivity contribution in [2.45, 2.75) is 33.2 Å². The largest absolute Gasteiger partial charge is 0.368 e. The molecule has 3 N–H and O–H groups in total. The van der Waals surface area contributed by atoms with Crippen molar-refractivity contribution in [1.82, 2.24) is 30.0 Å². The molecular weight excluding hydrogens is 412 g/mol. The zero-order chi connectivity index (χ0) is 23.0. The fraction of sp³-hybridized carbons (Fsp3) is 0.500. The quantitative estimate of drug-likeness (QED) is 0.616. The van der Waals surface area contributed by atoms with Crippen LogP contribution in [0.25, 0.3) is 11.1 Å². The first-order valence-corrected chi connectivity index (χ1v) is 10.5. The van der Waals surface area contributed by atoms with Gasteiger partial charge in [0.2, 0.25) is 11.5 Å². The Labute approximate surface area is 185 Å². The first-order chi connectivity index (χ1) is 15.3. The number of hydrogen-bond acceptors (Lipinski definition) is 10. The van der Waals surface area contributed by atoms with E-state index in [9.17, 15) is 4.79 Å². The molecule has 0 radical (unpaired) electrons. The van der Waals surface area contributed by atoms with Crippen molar-refractivity contribution in [1.29, 1.82) is 0 Å². The van der Waals surface area contributed by atoms with Crippen molar-refractivity contribution in [3.8, 4) is 0 Å². The van der Waals surface area contributed by atoms with E-state index in [-0.39, 0.29) is 18.0 Å². The number of amides is 2. The number of aromatic nitrogens is 5. The van der Waals surface area contributed by atoms with Crippen molar-refractivity contribution in [2.75, 3.05) is 54.6 Å². The van der Waals surface area contributed by atoms with Crippen LogP contribution in [0.1, 0.15) is 24.7 Å². The Morgan fingerprint density at radius 3 is 2.72 bits per heavy atom. The van der Waals surface area contributed by atoms with E-state index in [2.05, 4.69) is 42.2 Å². The average molecular weight is 441 g/mol. The number of nitrogens with one attached hydrogen (secondary N) is 1. The van der Waals surface area contributed by atoms with Gasteiger partial charge in [-0.1, -0.05) is 12.1 Å². The number of nitrogens with two attached hydrogens (primary N) is 1. The van der Waals surface area contributed by atoms with Gasteiger partial charge in [0.15, 0.2) is 11.6 Å². The van der Waals surface area contributed by atoms with Gasteiger partial charge < -0.3 is 25.0 Å². The summed E-state index contributed by atoms with van der Waals surface area (Å²) in [5, 5.41) is 6.90. The minimum atomic E-state index is -0.207. The molecule has 0 spiro atoms. The fourth-order valence-electron chi connectivity index (χ4n) is 3.79. The number of piperazine rings is 1. The lowest BCUT2D eigenvalue weighted by Gasteiger charge is -2.41. The molecule has 4 heterocycles. The first kappa shape index (κ1) is 21.5. The molecule has 0 unspecified atom stereocenters. The van der Waals surface area contributed by atoms with Crippen LogP contribution >= 0.6 is 0 Å². The van der Waals surface area contributed by atoms with Gasteiger partial charge in [-0.2, -0.15) is 4.98 Å². The molecule has 1 aliphatic rings. The molecule has 32 heavy (non-hydrogen) atoms. The minimum absolute atomic E-state index is 0.0284. The number of urea groups is 1. The summed E-state index contributed by atoms with van der Waals surface area (Å²) in [7, 11) is 3.79. The molecule has 2 amide bonds. The van der Waals surface area contributed by atoms with Crippen molar-refractivity contribution < 1.29 is 9.32 Å². The monoisotopic (exact) mass is 440 g/mol. The highest BCUT2D eigenvalue weighted by Crippen LogP contribution is 2.30. The standard InChI is InChI=1S/C20H28N10O2/c1-6-13-10-29(20(31)25-17-12(3)23-14(9-22-17)28(4)5)7-8-30(13)18-16-15(11(2)27-32-16)24-19(21)26-18/h9,13H,6-8,10H2,1-5H3,(H2,21,24,26)(H,22,25,31)/t13-/m0/s1. The minimum Gasteiger partial charge on any atom is -0.368 e. The van der Waals surface area contributed by atoms with Gasteiger partial charge in [0.25, 0.3) is 0 Å². The Morgan fingerprint density at radius 1 is 1.25 bits per heavy atom. The van der Waals surface area contributed by atoms with Crippen LogP contribution in [-0.2, 0) is 0 Å². The van der Waals surface area contributed by atoms with E-state index in [1.807, 2.05) is 32.8 Å². The van der Waals surface area contributed by atoms with Crippen molar-refractivity contribution >= 4 is 40.5 Å². The van der Waals surface area contributed by atoms with E-state index in [4.69, 9.17) is 10.3 Å². The molecule has 1 fully saturated rings. The summed E-state index contributed by atoms with van der Waals surface area (Å²) in [5.74, 6) is 1.97. The van der Waals surface area contributed by atoms with E-state index in [0.717, 1.165) is 12.2 Å². The third-order valence-electron chi connectivity index (χ3n) is 5.61. The topological polar surface area (TPSA) is 142 Å². The molecule has 0 aromatic carbocycles. The highest BCUT2D eigenvalue weighted by atomic mass is 16.5. The second kappa shape index (κ2) is 8.44. The number of carbonyl (C=O) groups is 1. The van der Waals surface area contributed by atoms with Gasteiger partial charge in [0, 0.05) is 39.8 Å². The number of anilines is 4. The van der Waals surface area contributed by atoms with Gasteiger partial charge in [0.1, 0.15) is 17.0 Å². The number of nitrogen functional groups attached to an aromatic ring is 1. The number of aryl methyl sites for hydroxylation is 2. The van der Waals surface area contributed by atoms with E-state index in [0.29, 0.717) is 53.8 Å². The van der Waals surface area contributed by atoms with Crippen LogP contribution in [0.15, 0.2) is 10.7 Å². The van der Waals surface area contributed by atoms with Crippen LogP contribution < -0.4 is 20.9 Å². The summed E-state index contributed by atoms with van der Waals surface area (Å²) in [5.41, 5.74) is 8.39. The van der Waals surface area contributed by atoms with Crippen LogP contribution in [-0.4, -0.2) is 75.8 Å². The van der Waals surface area contributed by atoms with Crippen molar-refractivity contribution in [3.05, 3.63) is 17.6 Å². The summed E-state index contributed by atoms with van der Waals surface area (Å²) in [6.07, 6.45) is 2.44. The van der Waals surface area contributed by atoms with E-state index < -0.39 is 0 Å². The summed E-state index contributed by atoms with van der Waals surface area (Å²) >= 11 is 0. The molecule has 0 aliphatic carbocycles. The molecule has 4 rings (SSSR count). The molecule has 1 saturated heterocycles. The molecule has 3 aromatic heterocycles. The van der Waals surface area contributed by atoms with Gasteiger partial charge in [-0.15, -0.1) is 0 Å². The molecule has 0 bridgehead atoms. The van der Waals surface area contributed by atoms with Crippen LogP contribution in [0.5, 0.6) is 0 Å². The number of nitrogens with zero attached hydrogens (tertiary/aromatic N) is 8. The summed E-state index contributed by atoms with van der Waals surface area (Å²) in [6, 6.07) is -0.179. The maximum Gasteiger partial charge on any atom is 0.323 e. The number of fused-ring (bicyclic) bond motifs is 1. The van der Waals surface area contributed by atoms with Gasteiger partial charge >= 0.3 is 6.03 Å². The second-order valence-electron chi connectivity index (χ2n) is 8.04. The van der Waals surface area contributed by atoms with Gasteiger partial charge in [-0.3, -0.25) is 5.32 Å². The lowest BCUT2D eigenvalue weighted by molar-refractivity contribution is 0.197. The fourth-order valence-corrected chi connectivity index (χ4v) is 3.79. The van der Waals surface area contributed by atoms with Crippen molar-refractivity contribution in [3.63, 3.8) is 0 Å². The van der Waals surface area contributed by atoms with E-state index >= 15 is 0 Å². The second-order valence-corrected chi connectivity index (χ2v) is 8.04. The zero-order valence-electron chi connectivity index (χ0n) is 19.0. The van der Waals surface area contributed by atoms with Crippen molar-refractivity contribution in [2.24, 2.45) is 0 Å². The first-order valence-electron chi connectivity index (χ1n) is 10.5. The molecule has 12 nitrogen and oxygen atoms in total. The van der Waals surface area contributed by atoms with Gasteiger partial charge in [-0.05, 0) is 20.3 Å². The summed E-state index contributed by atoms with van der Waals surface area (Å²) in [6.45, 7) is 7.31. The number of rotatable bonds is 4. The molecule has 1 atom stereocenters. The highest BCUT2D eigenvalue weighted by Gasteiger charge is 2.32. The molecule has 3 aromatic rings. The number of hydrogen-bond donors (Lipinski definition) is 2. The van der Waals surface area contributed by atoms with Crippen LogP contribution in [0.2, 0.25) is 0 Å². The Kier molecular flexibility index (Phi) is 5.68. The third kappa shape index (κ3) is 3.95. The molecular formula is C20H28N10O2. The lowest BCUT2D eigenvalue weighted by atomic mass is 10.1. The summed E-state index contributed by atoms with van der Waals surface area (Å²) < 4.78 is 5.49. The lowest BCUT2D eigenvalue weighted by Crippen LogP contribution is -2.56. The molecule has 0 saturated carbocycles. The SMILES string of the molecule is CC[C@H]1CN(C(=O)Nc2ncc(N(C)C)nc2C)CCN1c1nc(N)nc2c(C)noc12. The van der Waals surface area contributed by atoms with Crippen LogP contribution in [0.3, 0.4) is 0 Å². The Hall–Kier alpha value is -3.70. The average Bonchev–Trinajstić information content (AvgIpc) is 3.14. The summed E-state index contributed by atoms with van der Waals surface area (Å²) in [4.78, 5) is 36.2. The Bertz CT molecular complexity index is 1140. The maximum atomic E-state index is 13.0. The Morgan fingerprint density at radius 2 is 2.03 bits per heavy atom. The molecule has 170 valence electrons. The highest BCUT2D eigenvalue weighted by molar-refractivity contribution is 5.90. The predicted molar refractivity (Wildman–Crippen MR) is 122 cm³/mol. The zero-order valence-corrected chi connectivity index (χ0v) is 19.0. The third-order valence-corrected chi connectivity index (χ3v) is 5.61. The maximum absolute atomic E-state index is 13.0. The normalized spacial score (nSPS) is 16.5. The van der Waals surface area contributed by atoms with Gasteiger partial charge in [0.05, 0.1) is 11.9 Å². The van der Waals surface area contributed by atoms with E-state index in [1.54, 1.807) is 11.1 Å². The molecule has 12 heteroatoms. The molecule has 1 aliphatic heterocycles. The van der Waals surface area contributed by atoms with Crippen LogP contribution in [0.4, 0.5) is 28.2 Å².